The normalized spacial score (nSPS) is 12.9. The Bertz CT molecular complexity index is 1590. The molecule has 8 nitrogen and oxygen atoms in total. The lowest BCUT2D eigenvalue weighted by Gasteiger charge is -2.18. The van der Waals surface area contributed by atoms with Crippen molar-refractivity contribution in [3.05, 3.63) is 93.6 Å². The maximum absolute atomic E-state index is 11.1. The number of non-ortho nitro benzene ring substituents is 1. The van der Waals surface area contributed by atoms with Crippen molar-refractivity contribution in [2.24, 2.45) is 0 Å². The van der Waals surface area contributed by atoms with Crippen molar-refractivity contribution in [2.75, 3.05) is 13.2 Å². The molecule has 0 bridgehead atoms. The molecule has 0 amide bonds. The molecule has 0 fully saturated rings. The van der Waals surface area contributed by atoms with E-state index in [2.05, 4.69) is 4.98 Å². The molecule has 2 aromatic heterocycles. The van der Waals surface area contributed by atoms with Gasteiger partial charge < -0.3 is 9.47 Å². The van der Waals surface area contributed by atoms with Crippen molar-refractivity contribution in [3.63, 3.8) is 0 Å². The van der Waals surface area contributed by atoms with Crippen LogP contribution in [0.15, 0.2) is 72.9 Å². The summed E-state index contributed by atoms with van der Waals surface area (Å²) in [6.45, 7) is 1.05. The average molecular weight is 483 g/mol. The second-order valence-corrected chi connectivity index (χ2v) is 8.93. The SMILES string of the molecule is O=[N+]([O-])c1ccc2sc(C=Cc3cn(-c4ccccc4)nc3-c3ccc4c(c3)OCCO4)nc2c1. The third kappa shape index (κ3) is 4.13. The van der Waals surface area contributed by atoms with Crippen LogP contribution >= 0.6 is 11.3 Å². The third-order valence-electron chi connectivity index (χ3n) is 5.58. The zero-order valence-electron chi connectivity index (χ0n) is 18.3. The summed E-state index contributed by atoms with van der Waals surface area (Å²) >= 11 is 1.48. The Morgan fingerprint density at radius 3 is 2.63 bits per heavy atom. The summed E-state index contributed by atoms with van der Waals surface area (Å²) in [5.74, 6) is 1.42. The second-order valence-electron chi connectivity index (χ2n) is 7.87. The molecule has 1 aliphatic rings. The fraction of sp³-hybridized carbons (Fsp3) is 0.0769. The van der Waals surface area contributed by atoms with Crippen molar-refractivity contribution < 1.29 is 14.4 Å². The van der Waals surface area contributed by atoms with Crippen LogP contribution in [0.1, 0.15) is 10.6 Å². The monoisotopic (exact) mass is 482 g/mol. The van der Waals surface area contributed by atoms with Crippen LogP contribution in [0.3, 0.4) is 0 Å². The molecule has 0 atom stereocenters. The molecule has 0 unspecified atom stereocenters. The van der Waals surface area contributed by atoms with Gasteiger partial charge in [-0.25, -0.2) is 9.67 Å². The first-order valence-corrected chi connectivity index (χ1v) is 11.7. The van der Waals surface area contributed by atoms with E-state index in [1.54, 1.807) is 6.07 Å². The lowest BCUT2D eigenvalue weighted by molar-refractivity contribution is -0.384. The number of hydrogen-bond acceptors (Lipinski definition) is 7. The van der Waals surface area contributed by atoms with E-state index in [0.29, 0.717) is 24.5 Å². The number of thiazole rings is 1. The van der Waals surface area contributed by atoms with Gasteiger partial charge in [-0.1, -0.05) is 18.2 Å². The summed E-state index contributed by atoms with van der Waals surface area (Å²) in [5, 5.41) is 16.7. The van der Waals surface area contributed by atoms with Gasteiger partial charge in [0.05, 0.1) is 20.8 Å². The van der Waals surface area contributed by atoms with Crippen LogP contribution in [0, 0.1) is 10.1 Å². The van der Waals surface area contributed by atoms with Crippen LogP contribution < -0.4 is 9.47 Å². The molecule has 0 aliphatic carbocycles. The van der Waals surface area contributed by atoms with Crippen molar-refractivity contribution in [3.8, 4) is 28.4 Å². The van der Waals surface area contributed by atoms with Crippen molar-refractivity contribution in [1.82, 2.24) is 14.8 Å². The molecular weight excluding hydrogens is 464 g/mol. The van der Waals surface area contributed by atoms with E-state index in [-0.39, 0.29) is 5.69 Å². The summed E-state index contributed by atoms with van der Waals surface area (Å²) in [7, 11) is 0. The largest absolute Gasteiger partial charge is 0.486 e. The third-order valence-corrected chi connectivity index (χ3v) is 6.58. The number of benzene rings is 3. The Hall–Kier alpha value is -4.50. The molecule has 0 saturated carbocycles. The standard InChI is InChI=1S/C26H18N4O4S/c31-30(32)20-8-10-24-21(15-20)27-25(35-24)11-7-18-16-29(19-4-2-1-3-5-19)28-26(18)17-6-9-22-23(14-17)34-13-12-33-22/h1-11,14-16H,12-13H2. The highest BCUT2D eigenvalue weighted by molar-refractivity contribution is 7.19. The lowest BCUT2D eigenvalue weighted by Crippen LogP contribution is -2.15. The van der Waals surface area contributed by atoms with E-state index in [1.165, 1.54) is 23.5 Å². The first kappa shape index (κ1) is 21.1. The summed E-state index contributed by atoms with van der Waals surface area (Å²) in [5.41, 5.74) is 4.18. The number of aromatic nitrogens is 3. The van der Waals surface area contributed by atoms with Crippen LogP contribution in [0.2, 0.25) is 0 Å². The number of hydrogen-bond donors (Lipinski definition) is 0. The Morgan fingerprint density at radius 1 is 0.971 bits per heavy atom. The summed E-state index contributed by atoms with van der Waals surface area (Å²) in [4.78, 5) is 15.2. The van der Waals surface area contributed by atoms with Gasteiger partial charge in [0, 0.05) is 29.5 Å². The lowest BCUT2D eigenvalue weighted by atomic mass is 10.1. The summed E-state index contributed by atoms with van der Waals surface area (Å²) in [6, 6.07) is 20.4. The first-order chi connectivity index (χ1) is 17.1. The molecule has 1 aliphatic heterocycles. The van der Waals surface area contributed by atoms with Gasteiger partial charge in [0.1, 0.15) is 23.9 Å². The molecule has 35 heavy (non-hydrogen) atoms. The molecule has 6 rings (SSSR count). The quantitative estimate of drug-likeness (QED) is 0.225. The molecule has 0 saturated heterocycles. The second kappa shape index (κ2) is 8.69. The van der Waals surface area contributed by atoms with Crippen molar-refractivity contribution in [2.45, 2.75) is 0 Å². The van der Waals surface area contributed by atoms with Crippen LogP contribution in [0.5, 0.6) is 11.5 Å². The number of ether oxygens (including phenoxy) is 2. The van der Waals surface area contributed by atoms with E-state index in [9.17, 15) is 10.1 Å². The van der Waals surface area contributed by atoms with Gasteiger partial charge in [-0.2, -0.15) is 5.10 Å². The van der Waals surface area contributed by atoms with Crippen molar-refractivity contribution >= 4 is 39.4 Å². The molecule has 0 spiro atoms. The maximum Gasteiger partial charge on any atom is 0.271 e. The minimum atomic E-state index is -0.411. The van der Waals surface area contributed by atoms with Gasteiger partial charge in [0.15, 0.2) is 11.5 Å². The van der Waals surface area contributed by atoms with Crippen LogP contribution in [-0.2, 0) is 0 Å². The number of rotatable bonds is 5. The number of fused-ring (bicyclic) bond motifs is 2. The molecule has 3 heterocycles. The van der Waals surface area contributed by atoms with Crippen LogP contribution in [0.25, 0.3) is 39.3 Å². The summed E-state index contributed by atoms with van der Waals surface area (Å²) in [6.07, 6.45) is 5.84. The Balaban J connectivity index is 1.41. The first-order valence-electron chi connectivity index (χ1n) is 10.9. The van der Waals surface area contributed by atoms with Gasteiger partial charge in [0.25, 0.3) is 5.69 Å². The summed E-state index contributed by atoms with van der Waals surface area (Å²) < 4.78 is 14.2. The number of nitro groups is 1. The molecule has 3 aromatic carbocycles. The topological polar surface area (TPSA) is 92.3 Å². The van der Waals surface area contributed by atoms with Gasteiger partial charge in [-0.05, 0) is 48.6 Å². The van der Waals surface area contributed by atoms with Gasteiger partial charge >= 0.3 is 0 Å². The molecule has 5 aromatic rings. The maximum atomic E-state index is 11.1. The highest BCUT2D eigenvalue weighted by atomic mass is 32.1. The highest BCUT2D eigenvalue weighted by Crippen LogP contribution is 2.36. The fourth-order valence-corrected chi connectivity index (χ4v) is 4.77. The van der Waals surface area contributed by atoms with Gasteiger partial charge in [0.2, 0.25) is 0 Å². The Morgan fingerprint density at radius 2 is 1.80 bits per heavy atom. The van der Waals surface area contributed by atoms with E-state index >= 15 is 0 Å². The average Bonchev–Trinajstić information content (AvgIpc) is 3.51. The van der Waals surface area contributed by atoms with Crippen molar-refractivity contribution in [1.29, 1.82) is 0 Å². The van der Waals surface area contributed by atoms with E-state index in [0.717, 1.165) is 38.0 Å². The van der Waals surface area contributed by atoms with E-state index < -0.39 is 4.92 Å². The Labute approximate surface area is 203 Å². The van der Waals surface area contributed by atoms with Crippen LogP contribution in [-0.4, -0.2) is 32.9 Å². The molecule has 0 N–H and O–H groups in total. The van der Waals surface area contributed by atoms with Crippen LogP contribution in [0.4, 0.5) is 5.69 Å². The fourth-order valence-electron chi connectivity index (χ4n) is 3.92. The zero-order chi connectivity index (χ0) is 23.8. The van der Waals surface area contributed by atoms with E-state index in [4.69, 9.17) is 14.6 Å². The van der Waals surface area contributed by atoms with E-state index in [1.807, 2.05) is 71.6 Å². The highest BCUT2D eigenvalue weighted by Gasteiger charge is 2.17. The number of para-hydroxylation sites is 1. The smallest absolute Gasteiger partial charge is 0.271 e. The minimum absolute atomic E-state index is 0.0309. The zero-order valence-corrected chi connectivity index (χ0v) is 19.1. The Kier molecular flexibility index (Phi) is 5.23. The molecule has 0 radical (unpaired) electrons. The minimum Gasteiger partial charge on any atom is -0.486 e. The number of nitro benzene ring substituents is 1. The molecule has 9 heteroatoms. The predicted octanol–water partition coefficient (Wildman–Crippen LogP) is 6.00. The molecule has 172 valence electrons. The van der Waals surface area contributed by atoms with Gasteiger partial charge in [-0.3, -0.25) is 10.1 Å². The predicted molar refractivity (Wildman–Crippen MR) is 135 cm³/mol. The molecular formula is C26H18N4O4S. The van der Waals surface area contributed by atoms with Gasteiger partial charge in [-0.15, -0.1) is 11.3 Å². The number of nitrogens with zero attached hydrogens (tertiary/aromatic N) is 4.